The van der Waals surface area contributed by atoms with Gasteiger partial charge in [-0.1, -0.05) is 53.7 Å². The number of phenols is 1. The summed E-state index contributed by atoms with van der Waals surface area (Å²) in [5.74, 6) is -3.26. The third kappa shape index (κ3) is 9.94. The van der Waals surface area contributed by atoms with Crippen LogP contribution >= 0.6 is 0 Å². The maximum absolute atomic E-state index is 13.2. The molecule has 0 bridgehead atoms. The Hall–Kier alpha value is -3.14. The van der Waals surface area contributed by atoms with Crippen LogP contribution in [-0.4, -0.2) is 58.1 Å². The molecule has 1 aromatic carbocycles. The van der Waals surface area contributed by atoms with Crippen LogP contribution in [0.5, 0.6) is 5.75 Å². The Kier molecular flexibility index (Phi) is 11.7. The largest absolute Gasteiger partial charge is 0.508 e. The molecule has 1 rings (SSSR count). The monoisotopic (exact) mass is 492 g/mol. The van der Waals surface area contributed by atoms with E-state index in [-0.39, 0.29) is 36.3 Å². The number of benzene rings is 1. The van der Waals surface area contributed by atoms with Crippen LogP contribution in [0.4, 0.5) is 0 Å². The highest BCUT2D eigenvalue weighted by atomic mass is 16.4. The number of aromatic hydroxyl groups is 1. The van der Waals surface area contributed by atoms with E-state index in [2.05, 4.69) is 16.0 Å². The molecule has 10 nitrogen and oxygen atoms in total. The Morgan fingerprint density at radius 2 is 1.34 bits per heavy atom. The molecule has 7 N–H and O–H groups in total. The van der Waals surface area contributed by atoms with Crippen molar-refractivity contribution in [2.75, 3.05) is 0 Å². The molecule has 0 aliphatic heterocycles. The number of phenolic OH excluding ortho intramolecular Hbond substituents is 1. The molecule has 1 aromatic rings. The maximum atomic E-state index is 13.2. The molecular weight excluding hydrogens is 452 g/mol. The minimum absolute atomic E-state index is 0.0206. The summed E-state index contributed by atoms with van der Waals surface area (Å²) in [7, 11) is 0. The quantitative estimate of drug-likeness (QED) is 0.240. The zero-order valence-electron chi connectivity index (χ0n) is 21.4. The molecule has 4 unspecified atom stereocenters. The second-order valence-corrected chi connectivity index (χ2v) is 9.96. The van der Waals surface area contributed by atoms with E-state index in [4.69, 9.17) is 5.73 Å². The Labute approximate surface area is 207 Å². The molecule has 0 aliphatic rings. The fourth-order valence-corrected chi connectivity index (χ4v) is 3.39. The molecule has 0 heterocycles. The molecule has 0 spiro atoms. The SMILES string of the molecule is CC(C)CC(NC(=O)C(Cc1ccc(O)cc1)NC(=O)C(NC(=O)C(N)C(C)C)C(C)C)C(=O)O. The van der Waals surface area contributed by atoms with Crippen molar-refractivity contribution < 1.29 is 29.4 Å². The van der Waals surface area contributed by atoms with Crippen molar-refractivity contribution in [3.05, 3.63) is 29.8 Å². The molecule has 35 heavy (non-hydrogen) atoms. The summed E-state index contributed by atoms with van der Waals surface area (Å²) in [5.41, 5.74) is 6.56. The number of carbonyl (C=O) groups is 4. The molecule has 0 aromatic heterocycles. The maximum Gasteiger partial charge on any atom is 0.326 e. The van der Waals surface area contributed by atoms with Crippen LogP contribution in [0.25, 0.3) is 0 Å². The van der Waals surface area contributed by atoms with Gasteiger partial charge in [0.2, 0.25) is 17.7 Å². The first-order valence-electron chi connectivity index (χ1n) is 11.9. The van der Waals surface area contributed by atoms with Crippen LogP contribution in [0.15, 0.2) is 24.3 Å². The summed E-state index contributed by atoms with van der Waals surface area (Å²) in [6, 6.07) is 2.14. The lowest BCUT2D eigenvalue weighted by Gasteiger charge is -2.27. The highest BCUT2D eigenvalue weighted by Crippen LogP contribution is 2.13. The van der Waals surface area contributed by atoms with E-state index in [9.17, 15) is 29.4 Å². The van der Waals surface area contributed by atoms with Crippen molar-refractivity contribution in [1.29, 1.82) is 0 Å². The number of rotatable bonds is 13. The fourth-order valence-electron chi connectivity index (χ4n) is 3.39. The second-order valence-electron chi connectivity index (χ2n) is 9.96. The highest BCUT2D eigenvalue weighted by Gasteiger charge is 2.32. The van der Waals surface area contributed by atoms with Gasteiger partial charge < -0.3 is 31.9 Å². The van der Waals surface area contributed by atoms with Crippen LogP contribution in [0, 0.1) is 17.8 Å². The van der Waals surface area contributed by atoms with Crippen molar-refractivity contribution in [1.82, 2.24) is 16.0 Å². The number of amides is 3. The fraction of sp³-hybridized carbons (Fsp3) is 0.600. The molecule has 3 amide bonds. The molecule has 10 heteroatoms. The topological polar surface area (TPSA) is 171 Å². The lowest BCUT2D eigenvalue weighted by Crippen LogP contribution is -2.59. The first-order valence-corrected chi connectivity index (χ1v) is 11.9. The summed E-state index contributed by atoms with van der Waals surface area (Å²) in [5, 5.41) is 26.9. The van der Waals surface area contributed by atoms with Gasteiger partial charge in [0.15, 0.2) is 0 Å². The van der Waals surface area contributed by atoms with Crippen molar-refractivity contribution in [3.63, 3.8) is 0 Å². The van der Waals surface area contributed by atoms with E-state index in [0.717, 1.165) is 0 Å². The summed E-state index contributed by atoms with van der Waals surface area (Å²) in [4.78, 5) is 50.4. The van der Waals surface area contributed by atoms with Gasteiger partial charge in [0, 0.05) is 6.42 Å². The normalized spacial score (nSPS) is 14.8. The summed E-state index contributed by atoms with van der Waals surface area (Å²) in [6.45, 7) is 10.8. The van der Waals surface area contributed by atoms with Crippen LogP contribution in [0.1, 0.15) is 53.5 Å². The summed E-state index contributed by atoms with van der Waals surface area (Å²) in [6.07, 6.45) is 0.273. The zero-order chi connectivity index (χ0) is 26.9. The van der Waals surface area contributed by atoms with Gasteiger partial charge in [0.1, 0.15) is 23.9 Å². The molecule has 0 saturated carbocycles. The first kappa shape index (κ1) is 29.9. The van der Waals surface area contributed by atoms with Gasteiger partial charge in [-0.15, -0.1) is 0 Å². The van der Waals surface area contributed by atoms with E-state index in [1.165, 1.54) is 12.1 Å². The second kappa shape index (κ2) is 13.7. The molecule has 0 fully saturated rings. The molecule has 0 saturated heterocycles. The third-order valence-corrected chi connectivity index (χ3v) is 5.60. The third-order valence-electron chi connectivity index (χ3n) is 5.60. The van der Waals surface area contributed by atoms with Gasteiger partial charge in [-0.05, 0) is 41.9 Å². The Morgan fingerprint density at radius 1 is 0.800 bits per heavy atom. The van der Waals surface area contributed by atoms with Crippen LogP contribution < -0.4 is 21.7 Å². The van der Waals surface area contributed by atoms with Crippen molar-refractivity contribution in [2.45, 2.75) is 78.6 Å². The predicted molar refractivity (Wildman–Crippen MR) is 132 cm³/mol. The summed E-state index contributed by atoms with van der Waals surface area (Å²) < 4.78 is 0. The number of carboxylic acids is 1. The van der Waals surface area contributed by atoms with Crippen molar-refractivity contribution in [2.24, 2.45) is 23.5 Å². The van der Waals surface area contributed by atoms with E-state index >= 15 is 0 Å². The van der Waals surface area contributed by atoms with Crippen LogP contribution in [0.2, 0.25) is 0 Å². The smallest absolute Gasteiger partial charge is 0.326 e. The van der Waals surface area contributed by atoms with E-state index < -0.39 is 47.9 Å². The van der Waals surface area contributed by atoms with Gasteiger partial charge in [0.25, 0.3) is 0 Å². The van der Waals surface area contributed by atoms with Crippen molar-refractivity contribution in [3.8, 4) is 5.75 Å². The number of carbonyl (C=O) groups excluding carboxylic acids is 3. The van der Waals surface area contributed by atoms with Gasteiger partial charge in [-0.3, -0.25) is 14.4 Å². The predicted octanol–water partition coefficient (Wildman–Crippen LogP) is 1.16. The molecular formula is C25H40N4O6. The van der Waals surface area contributed by atoms with Gasteiger partial charge in [-0.2, -0.15) is 0 Å². The van der Waals surface area contributed by atoms with E-state index in [0.29, 0.717) is 5.56 Å². The van der Waals surface area contributed by atoms with Crippen LogP contribution in [-0.2, 0) is 25.6 Å². The standard InChI is InChI=1S/C25H40N4O6/c1-13(2)11-19(25(34)35)28-22(31)18(12-16-7-9-17(30)10-8-16)27-24(33)21(15(5)6)29-23(32)20(26)14(3)4/h7-10,13-15,18-21,30H,11-12,26H2,1-6H3,(H,27,33)(H,28,31)(H,29,32)(H,34,35). The Morgan fingerprint density at radius 3 is 1.80 bits per heavy atom. The number of aliphatic carboxylic acids is 1. The number of hydrogen-bond acceptors (Lipinski definition) is 6. The summed E-state index contributed by atoms with van der Waals surface area (Å²) >= 11 is 0. The highest BCUT2D eigenvalue weighted by molar-refractivity contribution is 5.94. The molecule has 196 valence electrons. The molecule has 0 radical (unpaired) electrons. The molecule has 0 aliphatic carbocycles. The van der Waals surface area contributed by atoms with Gasteiger partial charge in [-0.25, -0.2) is 4.79 Å². The van der Waals surface area contributed by atoms with Crippen LogP contribution in [0.3, 0.4) is 0 Å². The number of hydrogen-bond donors (Lipinski definition) is 6. The van der Waals surface area contributed by atoms with E-state index in [1.54, 1.807) is 39.8 Å². The molecule has 4 atom stereocenters. The Balaban J connectivity index is 3.15. The minimum Gasteiger partial charge on any atom is -0.508 e. The number of nitrogens with one attached hydrogen (secondary N) is 3. The van der Waals surface area contributed by atoms with Gasteiger partial charge >= 0.3 is 5.97 Å². The number of nitrogens with two attached hydrogens (primary N) is 1. The minimum atomic E-state index is -1.17. The lowest BCUT2D eigenvalue weighted by atomic mass is 9.98. The van der Waals surface area contributed by atoms with Crippen molar-refractivity contribution >= 4 is 23.7 Å². The van der Waals surface area contributed by atoms with Gasteiger partial charge in [0.05, 0.1) is 6.04 Å². The number of carboxylic acid groups (broad SMARTS) is 1. The Bertz CT molecular complexity index is 869. The first-order chi connectivity index (χ1) is 16.2. The van der Waals surface area contributed by atoms with E-state index in [1.807, 2.05) is 13.8 Å². The average molecular weight is 493 g/mol. The average Bonchev–Trinajstić information content (AvgIpc) is 2.76. The zero-order valence-corrected chi connectivity index (χ0v) is 21.4. The lowest BCUT2D eigenvalue weighted by molar-refractivity contribution is -0.142.